The first-order valence-electron chi connectivity index (χ1n) is 5.45. The van der Waals surface area contributed by atoms with E-state index in [0.717, 1.165) is 6.07 Å². The molecule has 0 aliphatic carbocycles. The molecule has 21 heavy (non-hydrogen) atoms. The molecule has 0 aliphatic rings. The summed E-state index contributed by atoms with van der Waals surface area (Å²) in [5.41, 5.74) is 4.68. The van der Waals surface area contributed by atoms with Gasteiger partial charge in [0, 0.05) is 22.3 Å². The minimum absolute atomic E-state index is 0.00362. The van der Waals surface area contributed by atoms with E-state index < -0.39 is 16.5 Å². The van der Waals surface area contributed by atoms with Gasteiger partial charge in [-0.05, 0) is 34.1 Å². The molecule has 0 aliphatic heterocycles. The van der Waals surface area contributed by atoms with E-state index in [1.807, 2.05) is 0 Å². The van der Waals surface area contributed by atoms with E-state index in [1.54, 1.807) is 0 Å². The molecule has 0 atom stereocenters. The fraction of sp³-hybridized carbons (Fsp3) is 0. The van der Waals surface area contributed by atoms with Gasteiger partial charge in [0.05, 0.1) is 4.92 Å². The molecule has 2 N–H and O–H groups in total. The maximum atomic E-state index is 11.1. The number of ether oxygens (including phenoxy) is 1. The zero-order valence-electron chi connectivity index (χ0n) is 10.2. The second kappa shape index (κ2) is 6.06. The fourth-order valence-corrected chi connectivity index (χ4v) is 2.15. The second-order valence-electron chi connectivity index (χ2n) is 3.85. The van der Waals surface area contributed by atoms with Crippen molar-refractivity contribution in [2.75, 3.05) is 0 Å². The number of aromatic nitrogens is 1. The van der Waals surface area contributed by atoms with Crippen molar-refractivity contribution >= 4 is 39.1 Å². The number of hydrogen-bond acceptors (Lipinski definition) is 5. The van der Waals surface area contributed by atoms with Crippen LogP contribution in [0.25, 0.3) is 0 Å². The quantitative estimate of drug-likeness (QED) is 0.654. The van der Waals surface area contributed by atoms with Gasteiger partial charge in [0.15, 0.2) is 0 Å². The Labute approximate surface area is 132 Å². The number of amides is 1. The van der Waals surface area contributed by atoms with Crippen molar-refractivity contribution in [3.63, 3.8) is 0 Å². The summed E-state index contributed by atoms with van der Waals surface area (Å²) >= 11 is 9.11. The molecule has 0 saturated heterocycles. The summed E-state index contributed by atoms with van der Waals surface area (Å²) in [6, 6.07) is 5.15. The van der Waals surface area contributed by atoms with Crippen LogP contribution in [0.4, 0.5) is 5.69 Å². The van der Waals surface area contributed by atoms with Crippen molar-refractivity contribution in [3.05, 3.63) is 55.6 Å². The molecule has 0 fully saturated rings. The molecule has 1 aromatic carbocycles. The molecule has 7 nitrogen and oxygen atoms in total. The van der Waals surface area contributed by atoms with Crippen LogP contribution >= 0.6 is 27.5 Å². The Morgan fingerprint density at radius 1 is 1.43 bits per heavy atom. The fourth-order valence-electron chi connectivity index (χ4n) is 1.48. The van der Waals surface area contributed by atoms with Crippen LogP contribution in [-0.2, 0) is 0 Å². The molecule has 0 spiro atoms. The van der Waals surface area contributed by atoms with E-state index in [9.17, 15) is 14.9 Å². The van der Waals surface area contributed by atoms with Gasteiger partial charge in [0.25, 0.3) is 0 Å². The first-order valence-corrected chi connectivity index (χ1v) is 6.62. The number of carbonyl (C=O) groups excluding carboxylic acids is 1. The lowest BCUT2D eigenvalue weighted by Gasteiger charge is -2.07. The van der Waals surface area contributed by atoms with E-state index in [2.05, 4.69) is 20.9 Å². The molecule has 108 valence electrons. The van der Waals surface area contributed by atoms with Crippen LogP contribution in [-0.4, -0.2) is 15.8 Å². The van der Waals surface area contributed by atoms with Gasteiger partial charge in [0.1, 0.15) is 5.02 Å². The van der Waals surface area contributed by atoms with Crippen LogP contribution in [0.2, 0.25) is 5.02 Å². The van der Waals surface area contributed by atoms with Crippen LogP contribution in [0.15, 0.2) is 34.9 Å². The molecule has 2 rings (SSSR count). The van der Waals surface area contributed by atoms with E-state index in [1.165, 1.54) is 24.4 Å². The molecule has 1 aromatic heterocycles. The Kier molecular flexibility index (Phi) is 4.39. The molecular weight excluding hydrogens is 366 g/mol. The van der Waals surface area contributed by atoms with Gasteiger partial charge in [-0.2, -0.15) is 0 Å². The van der Waals surface area contributed by atoms with Gasteiger partial charge < -0.3 is 10.5 Å². The third kappa shape index (κ3) is 3.47. The number of nitro benzene ring substituents is 1. The van der Waals surface area contributed by atoms with Gasteiger partial charge in [-0.15, -0.1) is 0 Å². The standard InChI is InChI=1S/C12H7BrClN3O4/c13-7-4-8(14)12(16-5-7)21-10-2-1-6(11(15)18)3-9(10)17(19)20/h1-5H,(H2,15,18). The largest absolute Gasteiger partial charge is 0.430 e. The average molecular weight is 373 g/mol. The molecule has 0 unspecified atom stereocenters. The maximum absolute atomic E-state index is 11.1. The van der Waals surface area contributed by atoms with E-state index in [0.29, 0.717) is 4.47 Å². The normalized spacial score (nSPS) is 10.2. The van der Waals surface area contributed by atoms with Gasteiger partial charge in [-0.1, -0.05) is 11.6 Å². The van der Waals surface area contributed by atoms with E-state index in [-0.39, 0.29) is 22.2 Å². The SMILES string of the molecule is NC(=O)c1ccc(Oc2ncc(Br)cc2Cl)c([N+](=O)[O-])c1. The van der Waals surface area contributed by atoms with Crippen LogP contribution < -0.4 is 10.5 Å². The molecule has 9 heteroatoms. The minimum atomic E-state index is -0.774. The predicted molar refractivity (Wildman–Crippen MR) is 78.6 cm³/mol. The van der Waals surface area contributed by atoms with Gasteiger partial charge in [-0.3, -0.25) is 14.9 Å². The Bertz CT molecular complexity index is 738. The van der Waals surface area contributed by atoms with Crippen LogP contribution in [0.1, 0.15) is 10.4 Å². The zero-order chi connectivity index (χ0) is 15.6. The van der Waals surface area contributed by atoms with Gasteiger partial charge >= 0.3 is 5.69 Å². The highest BCUT2D eigenvalue weighted by atomic mass is 79.9. The van der Waals surface area contributed by atoms with Crippen molar-refractivity contribution < 1.29 is 14.5 Å². The number of primary amides is 1. The third-order valence-electron chi connectivity index (χ3n) is 2.42. The number of halogens is 2. The summed E-state index contributed by atoms with van der Waals surface area (Å²) < 4.78 is 5.97. The monoisotopic (exact) mass is 371 g/mol. The van der Waals surface area contributed by atoms with Gasteiger partial charge in [0.2, 0.25) is 17.5 Å². The summed E-state index contributed by atoms with van der Waals surface area (Å²) in [6.07, 6.45) is 1.44. The smallest absolute Gasteiger partial charge is 0.312 e. The minimum Gasteiger partial charge on any atom is -0.430 e. The predicted octanol–water partition coefficient (Wildman–Crippen LogP) is 3.30. The molecule has 1 heterocycles. The summed E-state index contributed by atoms with van der Waals surface area (Å²) in [4.78, 5) is 25.3. The topological polar surface area (TPSA) is 108 Å². The lowest BCUT2D eigenvalue weighted by atomic mass is 10.2. The molecule has 2 aromatic rings. The molecular formula is C12H7BrClN3O4. The highest BCUT2D eigenvalue weighted by molar-refractivity contribution is 9.10. The zero-order valence-corrected chi connectivity index (χ0v) is 12.6. The van der Waals surface area contributed by atoms with E-state index >= 15 is 0 Å². The number of rotatable bonds is 4. The summed E-state index contributed by atoms with van der Waals surface area (Å²) in [6.45, 7) is 0. The van der Waals surface area contributed by atoms with Crippen molar-refractivity contribution in [1.82, 2.24) is 4.98 Å². The Hall–Kier alpha value is -2.19. The summed E-state index contributed by atoms with van der Waals surface area (Å²) in [7, 11) is 0. The number of hydrogen-bond donors (Lipinski definition) is 1. The van der Waals surface area contributed by atoms with Crippen molar-refractivity contribution in [2.24, 2.45) is 5.73 Å². The number of carbonyl (C=O) groups is 1. The number of nitrogens with zero attached hydrogens (tertiary/aromatic N) is 2. The number of benzene rings is 1. The lowest BCUT2D eigenvalue weighted by molar-refractivity contribution is -0.385. The third-order valence-corrected chi connectivity index (χ3v) is 3.13. The Morgan fingerprint density at radius 2 is 2.14 bits per heavy atom. The number of pyridine rings is 1. The molecule has 0 saturated carbocycles. The highest BCUT2D eigenvalue weighted by Crippen LogP contribution is 2.34. The molecule has 0 radical (unpaired) electrons. The molecule has 0 bridgehead atoms. The van der Waals surface area contributed by atoms with Crippen LogP contribution in [0.5, 0.6) is 11.6 Å². The summed E-state index contributed by atoms with van der Waals surface area (Å²) in [5.74, 6) is -0.860. The van der Waals surface area contributed by atoms with Crippen molar-refractivity contribution in [2.45, 2.75) is 0 Å². The number of nitro groups is 1. The van der Waals surface area contributed by atoms with Crippen LogP contribution in [0.3, 0.4) is 0 Å². The second-order valence-corrected chi connectivity index (χ2v) is 5.17. The molecule has 1 amide bonds. The van der Waals surface area contributed by atoms with E-state index in [4.69, 9.17) is 22.1 Å². The van der Waals surface area contributed by atoms with Crippen molar-refractivity contribution in [1.29, 1.82) is 0 Å². The van der Waals surface area contributed by atoms with Crippen LogP contribution in [0, 0.1) is 10.1 Å². The van der Waals surface area contributed by atoms with Crippen molar-refractivity contribution in [3.8, 4) is 11.6 Å². The van der Waals surface area contributed by atoms with Gasteiger partial charge in [-0.25, -0.2) is 4.98 Å². The Balaban J connectivity index is 2.44. The average Bonchev–Trinajstić information content (AvgIpc) is 2.41. The summed E-state index contributed by atoms with van der Waals surface area (Å²) in [5, 5.41) is 11.2. The Morgan fingerprint density at radius 3 is 2.71 bits per heavy atom. The lowest BCUT2D eigenvalue weighted by Crippen LogP contribution is -2.11. The highest BCUT2D eigenvalue weighted by Gasteiger charge is 2.19. The number of nitrogens with two attached hydrogens (primary N) is 1. The first kappa shape index (κ1) is 15.2. The first-order chi connectivity index (χ1) is 9.88. The maximum Gasteiger partial charge on any atom is 0.312 e.